The summed E-state index contributed by atoms with van der Waals surface area (Å²) in [5, 5.41) is 0. The number of hydrogen-bond donors (Lipinski definition) is 1. The normalized spacial score (nSPS) is 20.6. The number of aromatic amines is 1. The minimum Gasteiger partial charge on any atom is -0.383 e. The van der Waals surface area contributed by atoms with Crippen molar-refractivity contribution in [3.05, 3.63) is 34.5 Å². The first-order valence-corrected chi connectivity index (χ1v) is 7.09. The first kappa shape index (κ1) is 13.3. The average molecular weight is 276 g/mol. The fraction of sp³-hybridized carbons (Fsp3) is 0.571. The van der Waals surface area contributed by atoms with Crippen molar-refractivity contribution >= 4 is 5.78 Å². The van der Waals surface area contributed by atoms with Gasteiger partial charge in [0.15, 0.2) is 0 Å². The number of rotatable bonds is 4. The Balaban J connectivity index is 1.92. The van der Waals surface area contributed by atoms with Crippen molar-refractivity contribution in [1.82, 2.24) is 19.3 Å². The van der Waals surface area contributed by atoms with Crippen LogP contribution in [0.25, 0.3) is 5.78 Å². The number of ether oxygens (including phenoxy) is 1. The summed E-state index contributed by atoms with van der Waals surface area (Å²) in [6.45, 7) is 2.66. The zero-order chi connectivity index (χ0) is 13.9. The first-order chi connectivity index (χ1) is 9.79. The van der Waals surface area contributed by atoms with E-state index < -0.39 is 0 Å². The van der Waals surface area contributed by atoms with E-state index in [0.29, 0.717) is 12.4 Å². The van der Waals surface area contributed by atoms with Crippen LogP contribution in [0.3, 0.4) is 0 Å². The van der Waals surface area contributed by atoms with Crippen molar-refractivity contribution in [3.8, 4) is 0 Å². The molecular weight excluding hydrogens is 256 g/mol. The SMILES string of the molecule is COCCN1CCCC[C@H]1c1cc(=O)n2ccnc2[nH]1. The quantitative estimate of drug-likeness (QED) is 0.911. The summed E-state index contributed by atoms with van der Waals surface area (Å²) in [6.07, 6.45) is 6.78. The molecule has 1 fully saturated rings. The van der Waals surface area contributed by atoms with Gasteiger partial charge in [-0.05, 0) is 19.4 Å². The summed E-state index contributed by atoms with van der Waals surface area (Å²) < 4.78 is 6.71. The molecule has 1 saturated heterocycles. The smallest absolute Gasteiger partial charge is 0.259 e. The summed E-state index contributed by atoms with van der Waals surface area (Å²) in [6, 6.07) is 1.96. The highest BCUT2D eigenvalue weighted by atomic mass is 16.5. The third-order valence-electron chi connectivity index (χ3n) is 3.97. The molecule has 0 aliphatic carbocycles. The number of aromatic nitrogens is 3. The zero-order valence-corrected chi connectivity index (χ0v) is 11.7. The fourth-order valence-electron chi connectivity index (χ4n) is 2.94. The van der Waals surface area contributed by atoms with Gasteiger partial charge in [-0.1, -0.05) is 6.42 Å². The molecule has 0 unspecified atom stereocenters. The van der Waals surface area contributed by atoms with Crippen LogP contribution >= 0.6 is 0 Å². The van der Waals surface area contributed by atoms with Crippen molar-refractivity contribution in [3.63, 3.8) is 0 Å². The first-order valence-electron chi connectivity index (χ1n) is 7.09. The third-order valence-corrected chi connectivity index (χ3v) is 3.97. The lowest BCUT2D eigenvalue weighted by molar-refractivity contribution is 0.0942. The fourth-order valence-corrected chi connectivity index (χ4v) is 2.94. The van der Waals surface area contributed by atoms with Gasteiger partial charge in [0.05, 0.1) is 12.6 Å². The van der Waals surface area contributed by atoms with E-state index in [4.69, 9.17) is 4.74 Å². The molecule has 1 atom stereocenters. The maximum atomic E-state index is 12.1. The second-order valence-corrected chi connectivity index (χ2v) is 5.22. The highest BCUT2D eigenvalue weighted by molar-refractivity contribution is 5.30. The molecule has 0 radical (unpaired) electrons. The van der Waals surface area contributed by atoms with Gasteiger partial charge in [0.1, 0.15) is 0 Å². The predicted octanol–water partition coefficient (Wildman–Crippen LogP) is 1.20. The number of nitrogens with one attached hydrogen (secondary N) is 1. The number of nitrogens with zero attached hydrogens (tertiary/aromatic N) is 3. The van der Waals surface area contributed by atoms with Crippen LogP contribution in [-0.4, -0.2) is 46.1 Å². The molecule has 0 saturated carbocycles. The minimum absolute atomic E-state index is 0.0245. The maximum Gasteiger partial charge on any atom is 0.259 e. The van der Waals surface area contributed by atoms with Crippen molar-refractivity contribution in [1.29, 1.82) is 0 Å². The Kier molecular flexibility index (Phi) is 3.84. The van der Waals surface area contributed by atoms with Gasteiger partial charge >= 0.3 is 0 Å². The lowest BCUT2D eigenvalue weighted by atomic mass is 9.99. The Bertz CT molecular complexity index is 633. The molecule has 0 spiro atoms. The number of H-pyrrole nitrogens is 1. The summed E-state index contributed by atoms with van der Waals surface area (Å²) in [5.41, 5.74) is 0.938. The number of imidazole rings is 1. The molecule has 2 aromatic rings. The molecule has 3 rings (SSSR count). The minimum atomic E-state index is -0.0245. The summed E-state index contributed by atoms with van der Waals surface area (Å²) in [5.74, 6) is 0.616. The molecule has 0 amide bonds. The van der Waals surface area contributed by atoms with Crippen LogP contribution in [0.4, 0.5) is 0 Å². The Labute approximate surface area is 117 Å². The Hall–Kier alpha value is -1.66. The summed E-state index contributed by atoms with van der Waals surface area (Å²) in [7, 11) is 1.72. The third kappa shape index (κ3) is 2.48. The van der Waals surface area contributed by atoms with E-state index in [1.54, 1.807) is 25.6 Å². The van der Waals surface area contributed by atoms with Crippen LogP contribution in [0.1, 0.15) is 31.0 Å². The van der Waals surface area contributed by atoms with Crippen LogP contribution in [-0.2, 0) is 4.74 Å². The molecule has 6 heteroatoms. The van der Waals surface area contributed by atoms with Gasteiger partial charge in [0, 0.05) is 37.8 Å². The van der Waals surface area contributed by atoms with Crippen molar-refractivity contribution in [2.45, 2.75) is 25.3 Å². The Morgan fingerprint density at radius 3 is 3.25 bits per heavy atom. The number of hydrogen-bond acceptors (Lipinski definition) is 4. The van der Waals surface area contributed by atoms with Crippen molar-refractivity contribution in [2.24, 2.45) is 0 Å². The van der Waals surface area contributed by atoms with Gasteiger partial charge in [0.25, 0.3) is 5.56 Å². The lowest BCUT2D eigenvalue weighted by Crippen LogP contribution is -2.37. The van der Waals surface area contributed by atoms with Gasteiger partial charge in [-0.2, -0.15) is 0 Å². The van der Waals surface area contributed by atoms with Gasteiger partial charge in [0.2, 0.25) is 5.78 Å². The van der Waals surface area contributed by atoms with Crippen LogP contribution in [0.2, 0.25) is 0 Å². The molecular formula is C14H20N4O2. The molecule has 2 aromatic heterocycles. The largest absolute Gasteiger partial charge is 0.383 e. The number of fused-ring (bicyclic) bond motifs is 1. The maximum absolute atomic E-state index is 12.1. The van der Waals surface area contributed by atoms with Gasteiger partial charge in [-0.15, -0.1) is 0 Å². The lowest BCUT2D eigenvalue weighted by Gasteiger charge is -2.35. The topological polar surface area (TPSA) is 62.6 Å². The average Bonchev–Trinajstić information content (AvgIpc) is 2.94. The summed E-state index contributed by atoms with van der Waals surface area (Å²) >= 11 is 0. The standard InChI is InChI=1S/C14H20N4O2/c1-20-9-8-17-6-3-2-4-12(17)11-10-13(19)18-7-5-15-14(18)16-11/h5,7,10,12H,2-4,6,8-9H2,1H3,(H,15,16)/t12-/m0/s1. The summed E-state index contributed by atoms with van der Waals surface area (Å²) in [4.78, 5) is 21.9. The number of methoxy groups -OCH3 is 1. The number of piperidine rings is 1. The van der Waals surface area contributed by atoms with E-state index in [9.17, 15) is 4.79 Å². The van der Waals surface area contributed by atoms with Gasteiger partial charge < -0.3 is 9.72 Å². The molecule has 1 aliphatic rings. The highest BCUT2D eigenvalue weighted by Gasteiger charge is 2.24. The molecule has 0 bridgehead atoms. The van der Waals surface area contributed by atoms with Gasteiger partial charge in [-0.3, -0.25) is 14.1 Å². The van der Waals surface area contributed by atoms with E-state index in [-0.39, 0.29) is 11.6 Å². The van der Waals surface area contributed by atoms with Crippen LogP contribution < -0.4 is 5.56 Å². The Morgan fingerprint density at radius 1 is 1.50 bits per heavy atom. The number of likely N-dealkylation sites (tertiary alicyclic amines) is 1. The molecule has 20 heavy (non-hydrogen) atoms. The van der Waals surface area contributed by atoms with Crippen LogP contribution in [0, 0.1) is 0 Å². The van der Waals surface area contributed by atoms with E-state index in [1.807, 2.05) is 0 Å². The zero-order valence-electron chi connectivity index (χ0n) is 11.7. The molecule has 6 nitrogen and oxygen atoms in total. The second-order valence-electron chi connectivity index (χ2n) is 5.22. The molecule has 1 N–H and O–H groups in total. The molecule has 1 aliphatic heterocycles. The Morgan fingerprint density at radius 2 is 2.40 bits per heavy atom. The van der Waals surface area contributed by atoms with E-state index >= 15 is 0 Å². The van der Waals surface area contributed by atoms with E-state index in [1.165, 1.54) is 17.2 Å². The second kappa shape index (κ2) is 5.76. The molecule has 108 valence electrons. The van der Waals surface area contributed by atoms with Crippen molar-refractivity contribution < 1.29 is 4.74 Å². The predicted molar refractivity (Wildman–Crippen MR) is 75.9 cm³/mol. The van der Waals surface area contributed by atoms with E-state index in [0.717, 1.165) is 25.2 Å². The van der Waals surface area contributed by atoms with Crippen LogP contribution in [0.5, 0.6) is 0 Å². The van der Waals surface area contributed by atoms with Crippen LogP contribution in [0.15, 0.2) is 23.3 Å². The monoisotopic (exact) mass is 276 g/mol. The highest BCUT2D eigenvalue weighted by Crippen LogP contribution is 2.28. The van der Waals surface area contributed by atoms with E-state index in [2.05, 4.69) is 14.9 Å². The van der Waals surface area contributed by atoms with Gasteiger partial charge in [-0.25, -0.2) is 4.98 Å². The molecule has 0 aromatic carbocycles. The molecule has 3 heterocycles. The van der Waals surface area contributed by atoms with Crippen molar-refractivity contribution in [2.75, 3.05) is 26.8 Å².